The lowest BCUT2D eigenvalue weighted by molar-refractivity contribution is -0.0986. The lowest BCUT2D eigenvalue weighted by Gasteiger charge is -2.13. The van der Waals surface area contributed by atoms with Crippen molar-refractivity contribution in [3.8, 4) is 0 Å². The van der Waals surface area contributed by atoms with Gasteiger partial charge in [0, 0.05) is 20.8 Å². The van der Waals surface area contributed by atoms with E-state index in [-0.39, 0.29) is 12.3 Å². The Kier molecular flexibility index (Phi) is 7.10. The second-order valence-corrected chi connectivity index (χ2v) is 4.04. The Morgan fingerprint density at radius 1 is 1.16 bits per heavy atom. The molecule has 1 aromatic carbocycles. The lowest BCUT2D eigenvalue weighted by Crippen LogP contribution is -2.31. The van der Waals surface area contributed by atoms with Crippen LogP contribution in [0.4, 0.5) is 0 Å². The molecule has 1 rings (SSSR count). The Hall–Kier alpha value is -1.43. The summed E-state index contributed by atoms with van der Waals surface area (Å²) in [5, 5.41) is 3.24. The number of rotatable bonds is 8. The zero-order valence-electron chi connectivity index (χ0n) is 11.6. The van der Waals surface area contributed by atoms with Crippen LogP contribution < -0.4 is 5.32 Å². The summed E-state index contributed by atoms with van der Waals surface area (Å²) in [4.78, 5) is 11.3. The van der Waals surface area contributed by atoms with Crippen molar-refractivity contribution >= 4 is 5.97 Å². The van der Waals surface area contributed by atoms with Crippen molar-refractivity contribution in [1.82, 2.24) is 5.32 Å². The number of esters is 1. The van der Waals surface area contributed by atoms with E-state index in [1.165, 1.54) is 7.11 Å². The fraction of sp³-hybridized carbons (Fsp3) is 0.500. The summed E-state index contributed by atoms with van der Waals surface area (Å²) in [5.41, 5.74) is 1.73. The van der Waals surface area contributed by atoms with Crippen LogP contribution >= 0.6 is 0 Å². The number of methoxy groups -OCH3 is 3. The SMILES string of the molecule is COC(=O)c1ccc(CCNCC(OC)OC)cc1. The van der Waals surface area contributed by atoms with E-state index in [1.807, 2.05) is 12.1 Å². The van der Waals surface area contributed by atoms with Crippen molar-refractivity contribution in [3.63, 3.8) is 0 Å². The van der Waals surface area contributed by atoms with E-state index in [2.05, 4.69) is 10.1 Å². The van der Waals surface area contributed by atoms with Gasteiger partial charge in [0.15, 0.2) is 6.29 Å². The van der Waals surface area contributed by atoms with E-state index in [9.17, 15) is 4.79 Å². The van der Waals surface area contributed by atoms with Gasteiger partial charge in [-0.2, -0.15) is 0 Å². The average molecular weight is 267 g/mol. The summed E-state index contributed by atoms with van der Waals surface area (Å²) in [6, 6.07) is 7.40. The molecule has 0 atom stereocenters. The standard InChI is InChI=1S/C14H21NO4/c1-17-13(18-2)10-15-9-8-11-4-6-12(7-5-11)14(16)19-3/h4-7,13,15H,8-10H2,1-3H3. The summed E-state index contributed by atoms with van der Waals surface area (Å²) >= 11 is 0. The highest BCUT2D eigenvalue weighted by Gasteiger charge is 2.05. The van der Waals surface area contributed by atoms with Crippen LogP contribution in [0.3, 0.4) is 0 Å². The summed E-state index contributed by atoms with van der Waals surface area (Å²) in [5.74, 6) is -0.312. The predicted octanol–water partition coefficient (Wildman–Crippen LogP) is 1.22. The third kappa shape index (κ3) is 5.38. The number of nitrogens with one attached hydrogen (secondary N) is 1. The molecule has 1 aromatic rings. The van der Waals surface area contributed by atoms with Gasteiger partial charge in [-0.25, -0.2) is 4.79 Å². The summed E-state index contributed by atoms with van der Waals surface area (Å²) in [6.07, 6.45) is 0.656. The molecule has 0 spiro atoms. The van der Waals surface area contributed by atoms with Gasteiger partial charge in [0.25, 0.3) is 0 Å². The monoisotopic (exact) mass is 267 g/mol. The molecule has 0 aliphatic heterocycles. The topological polar surface area (TPSA) is 56.8 Å². The van der Waals surface area contributed by atoms with Crippen LogP contribution in [0.2, 0.25) is 0 Å². The first kappa shape index (κ1) is 15.6. The number of carbonyl (C=O) groups is 1. The molecule has 0 saturated carbocycles. The van der Waals surface area contributed by atoms with Gasteiger partial charge in [-0.15, -0.1) is 0 Å². The summed E-state index contributed by atoms with van der Waals surface area (Å²) in [7, 11) is 4.60. The molecule has 0 unspecified atom stereocenters. The fourth-order valence-electron chi connectivity index (χ4n) is 1.64. The molecule has 0 aliphatic carbocycles. The first-order valence-electron chi connectivity index (χ1n) is 6.14. The molecule has 5 heteroatoms. The smallest absolute Gasteiger partial charge is 0.337 e. The van der Waals surface area contributed by atoms with Gasteiger partial charge in [-0.05, 0) is 30.7 Å². The van der Waals surface area contributed by atoms with Gasteiger partial charge < -0.3 is 19.5 Å². The molecule has 0 heterocycles. The number of benzene rings is 1. The molecular formula is C14H21NO4. The number of hydrogen-bond donors (Lipinski definition) is 1. The molecule has 5 nitrogen and oxygen atoms in total. The van der Waals surface area contributed by atoms with Crippen molar-refractivity contribution in [3.05, 3.63) is 35.4 Å². The highest BCUT2D eigenvalue weighted by molar-refractivity contribution is 5.89. The molecule has 0 aromatic heterocycles. The van der Waals surface area contributed by atoms with Crippen LogP contribution in [-0.4, -0.2) is 46.7 Å². The van der Waals surface area contributed by atoms with Gasteiger partial charge in [0.05, 0.1) is 12.7 Å². The lowest BCUT2D eigenvalue weighted by atomic mass is 10.1. The molecule has 0 saturated heterocycles. The minimum absolute atomic E-state index is 0.221. The number of carbonyl (C=O) groups excluding carboxylic acids is 1. The average Bonchev–Trinajstić information content (AvgIpc) is 2.47. The van der Waals surface area contributed by atoms with Crippen LogP contribution in [0, 0.1) is 0 Å². The Morgan fingerprint density at radius 3 is 2.32 bits per heavy atom. The molecular weight excluding hydrogens is 246 g/mol. The third-order valence-corrected chi connectivity index (χ3v) is 2.80. The first-order valence-corrected chi connectivity index (χ1v) is 6.14. The second-order valence-electron chi connectivity index (χ2n) is 4.04. The van der Waals surface area contributed by atoms with Crippen molar-refractivity contribution in [2.45, 2.75) is 12.7 Å². The Morgan fingerprint density at radius 2 is 1.79 bits per heavy atom. The molecule has 106 valence electrons. The van der Waals surface area contributed by atoms with Gasteiger partial charge >= 0.3 is 5.97 Å². The van der Waals surface area contributed by atoms with Gasteiger partial charge in [0.1, 0.15) is 0 Å². The number of ether oxygens (including phenoxy) is 3. The normalized spacial score (nSPS) is 10.7. The minimum Gasteiger partial charge on any atom is -0.465 e. The molecule has 0 fully saturated rings. The van der Waals surface area contributed by atoms with E-state index in [0.29, 0.717) is 12.1 Å². The van der Waals surface area contributed by atoms with Crippen LogP contribution in [-0.2, 0) is 20.6 Å². The fourth-order valence-corrected chi connectivity index (χ4v) is 1.64. The van der Waals surface area contributed by atoms with Crippen molar-refractivity contribution in [2.75, 3.05) is 34.4 Å². The highest BCUT2D eigenvalue weighted by Crippen LogP contribution is 2.06. The van der Waals surface area contributed by atoms with Gasteiger partial charge in [-0.1, -0.05) is 12.1 Å². The van der Waals surface area contributed by atoms with Crippen molar-refractivity contribution in [2.24, 2.45) is 0 Å². The van der Waals surface area contributed by atoms with Crippen LogP contribution in [0.25, 0.3) is 0 Å². The maximum absolute atomic E-state index is 11.3. The van der Waals surface area contributed by atoms with E-state index in [1.54, 1.807) is 26.4 Å². The first-order chi connectivity index (χ1) is 9.21. The van der Waals surface area contributed by atoms with Gasteiger partial charge in [0.2, 0.25) is 0 Å². The van der Waals surface area contributed by atoms with Crippen LogP contribution in [0.1, 0.15) is 15.9 Å². The zero-order valence-corrected chi connectivity index (χ0v) is 11.6. The molecule has 0 radical (unpaired) electrons. The van der Waals surface area contributed by atoms with Gasteiger partial charge in [-0.3, -0.25) is 0 Å². The van der Waals surface area contributed by atoms with Crippen molar-refractivity contribution < 1.29 is 19.0 Å². The van der Waals surface area contributed by atoms with E-state index in [4.69, 9.17) is 9.47 Å². The summed E-state index contributed by atoms with van der Waals surface area (Å²) in [6.45, 7) is 1.47. The molecule has 0 amide bonds. The van der Waals surface area contributed by atoms with Crippen LogP contribution in [0.5, 0.6) is 0 Å². The van der Waals surface area contributed by atoms with E-state index < -0.39 is 0 Å². The number of hydrogen-bond acceptors (Lipinski definition) is 5. The quantitative estimate of drug-likeness (QED) is 0.436. The molecule has 1 N–H and O–H groups in total. The Balaban J connectivity index is 2.32. The zero-order chi connectivity index (χ0) is 14.1. The third-order valence-electron chi connectivity index (χ3n) is 2.80. The second kappa shape index (κ2) is 8.63. The maximum atomic E-state index is 11.3. The predicted molar refractivity (Wildman–Crippen MR) is 72.2 cm³/mol. The molecule has 0 aliphatic rings. The van der Waals surface area contributed by atoms with E-state index in [0.717, 1.165) is 18.5 Å². The Labute approximate surface area is 113 Å². The largest absolute Gasteiger partial charge is 0.465 e. The highest BCUT2D eigenvalue weighted by atomic mass is 16.7. The maximum Gasteiger partial charge on any atom is 0.337 e. The van der Waals surface area contributed by atoms with E-state index >= 15 is 0 Å². The summed E-state index contributed by atoms with van der Waals surface area (Å²) < 4.78 is 14.8. The minimum atomic E-state index is -0.312. The van der Waals surface area contributed by atoms with Crippen LogP contribution in [0.15, 0.2) is 24.3 Å². The van der Waals surface area contributed by atoms with Crippen molar-refractivity contribution in [1.29, 1.82) is 0 Å². The molecule has 0 bridgehead atoms. The Bertz CT molecular complexity index is 374. The molecule has 19 heavy (non-hydrogen) atoms.